The molecular weight excluding hydrogens is 193 g/mol. The fourth-order valence-corrected chi connectivity index (χ4v) is 1.15. The van der Waals surface area contributed by atoms with Crippen molar-refractivity contribution in [3.63, 3.8) is 0 Å². The van der Waals surface area contributed by atoms with Crippen molar-refractivity contribution in [3.8, 4) is 0 Å². The Hall–Kier alpha value is -1.03. The normalized spacial score (nSPS) is 12.9. The Morgan fingerprint density at radius 1 is 1.21 bits per heavy atom. The molecule has 0 aliphatic carbocycles. The second-order valence-electron chi connectivity index (χ2n) is 3.21. The highest BCUT2D eigenvalue weighted by atomic mass is 19.2. The van der Waals surface area contributed by atoms with E-state index in [1.807, 2.05) is 0 Å². The molecule has 0 radical (unpaired) electrons. The maximum absolute atomic E-state index is 13.0. The predicted molar refractivity (Wildman–Crippen MR) is 46.3 cm³/mol. The summed E-state index contributed by atoms with van der Waals surface area (Å²) in [5.74, 6) is -3.00. The zero-order chi connectivity index (χ0) is 10.7. The van der Waals surface area contributed by atoms with Crippen molar-refractivity contribution in [1.29, 1.82) is 0 Å². The van der Waals surface area contributed by atoms with Crippen molar-refractivity contribution in [1.82, 2.24) is 0 Å². The monoisotopic (exact) mass is 204 g/mol. The van der Waals surface area contributed by atoms with Gasteiger partial charge in [0.05, 0.1) is 6.10 Å². The molecule has 0 spiro atoms. The van der Waals surface area contributed by atoms with E-state index >= 15 is 0 Å². The summed E-state index contributed by atoms with van der Waals surface area (Å²) in [4.78, 5) is 0. The van der Waals surface area contributed by atoms with Crippen LogP contribution in [0, 0.1) is 17.5 Å². The minimum Gasteiger partial charge on any atom is -0.393 e. The number of hydrogen-bond donors (Lipinski definition) is 1. The fourth-order valence-electron chi connectivity index (χ4n) is 1.15. The quantitative estimate of drug-likeness (QED) is 0.749. The Labute approximate surface area is 80.2 Å². The van der Waals surface area contributed by atoms with Crippen LogP contribution in [-0.2, 0) is 6.42 Å². The number of halogens is 3. The van der Waals surface area contributed by atoms with Gasteiger partial charge < -0.3 is 5.11 Å². The molecule has 0 aliphatic rings. The summed E-state index contributed by atoms with van der Waals surface area (Å²) < 4.78 is 38.7. The van der Waals surface area contributed by atoms with Gasteiger partial charge in [-0.2, -0.15) is 0 Å². The zero-order valence-corrected chi connectivity index (χ0v) is 7.73. The Bertz CT molecular complexity index is 323. The number of aliphatic hydroxyl groups is 1. The largest absolute Gasteiger partial charge is 0.393 e. The molecule has 0 saturated heterocycles. The first-order valence-electron chi connectivity index (χ1n) is 4.32. The highest BCUT2D eigenvalue weighted by Crippen LogP contribution is 2.17. The topological polar surface area (TPSA) is 20.2 Å². The SMILES string of the molecule is C[C@H](O)CCc1c(F)ccc(F)c1F. The minimum absolute atomic E-state index is 0.00685. The van der Waals surface area contributed by atoms with Crippen LogP contribution >= 0.6 is 0 Å². The molecule has 1 N–H and O–H groups in total. The number of hydrogen-bond acceptors (Lipinski definition) is 1. The summed E-state index contributed by atoms with van der Waals surface area (Å²) in [5, 5.41) is 8.93. The van der Waals surface area contributed by atoms with E-state index in [-0.39, 0.29) is 18.4 Å². The van der Waals surface area contributed by atoms with E-state index in [0.29, 0.717) is 0 Å². The minimum atomic E-state index is -1.16. The Morgan fingerprint density at radius 3 is 2.36 bits per heavy atom. The molecule has 4 heteroatoms. The van der Waals surface area contributed by atoms with Crippen LogP contribution in [0.5, 0.6) is 0 Å². The zero-order valence-electron chi connectivity index (χ0n) is 7.73. The van der Waals surface area contributed by atoms with E-state index in [1.165, 1.54) is 6.92 Å². The lowest BCUT2D eigenvalue weighted by molar-refractivity contribution is 0.184. The standard InChI is InChI=1S/C10H11F3O/c1-6(14)2-3-7-8(11)4-5-9(12)10(7)13/h4-6,14H,2-3H2,1H3/t6-/m0/s1. The summed E-state index contributed by atoms with van der Waals surface area (Å²) in [6.07, 6.45) is -0.457. The number of rotatable bonds is 3. The smallest absolute Gasteiger partial charge is 0.164 e. The molecule has 0 fully saturated rings. The summed E-state index contributed by atoms with van der Waals surface area (Å²) in [6, 6.07) is 1.63. The lowest BCUT2D eigenvalue weighted by Gasteiger charge is -2.06. The lowest BCUT2D eigenvalue weighted by atomic mass is 10.1. The molecule has 0 saturated carbocycles. The van der Waals surface area contributed by atoms with Crippen LogP contribution in [-0.4, -0.2) is 11.2 Å². The van der Waals surface area contributed by atoms with Gasteiger partial charge in [-0.3, -0.25) is 0 Å². The van der Waals surface area contributed by atoms with Gasteiger partial charge in [-0.15, -0.1) is 0 Å². The van der Waals surface area contributed by atoms with Crippen LogP contribution in [0.2, 0.25) is 0 Å². The highest BCUT2D eigenvalue weighted by molar-refractivity contribution is 5.21. The van der Waals surface area contributed by atoms with E-state index < -0.39 is 23.6 Å². The third-order valence-electron chi connectivity index (χ3n) is 1.95. The van der Waals surface area contributed by atoms with Gasteiger partial charge in [0.1, 0.15) is 5.82 Å². The van der Waals surface area contributed by atoms with Gasteiger partial charge in [-0.05, 0) is 31.9 Å². The molecule has 78 valence electrons. The number of benzene rings is 1. The average molecular weight is 204 g/mol. The molecule has 1 atom stereocenters. The summed E-state index contributed by atoms with van der Waals surface area (Å²) >= 11 is 0. The van der Waals surface area contributed by atoms with Crippen LogP contribution in [0.3, 0.4) is 0 Å². The van der Waals surface area contributed by atoms with Crippen molar-refractivity contribution >= 4 is 0 Å². The Balaban J connectivity index is 2.89. The number of aliphatic hydroxyl groups excluding tert-OH is 1. The van der Waals surface area contributed by atoms with Gasteiger partial charge >= 0.3 is 0 Å². The van der Waals surface area contributed by atoms with Gasteiger partial charge in [-0.1, -0.05) is 0 Å². The first-order valence-corrected chi connectivity index (χ1v) is 4.32. The van der Waals surface area contributed by atoms with Crippen molar-refractivity contribution in [2.75, 3.05) is 0 Å². The van der Waals surface area contributed by atoms with Crippen LogP contribution in [0.1, 0.15) is 18.9 Å². The Morgan fingerprint density at radius 2 is 1.79 bits per heavy atom. The first kappa shape index (κ1) is 11.0. The van der Waals surface area contributed by atoms with E-state index in [2.05, 4.69) is 0 Å². The van der Waals surface area contributed by atoms with Gasteiger partial charge in [-0.25, -0.2) is 13.2 Å². The van der Waals surface area contributed by atoms with Gasteiger partial charge in [0.2, 0.25) is 0 Å². The molecule has 0 aliphatic heterocycles. The van der Waals surface area contributed by atoms with Crippen molar-refractivity contribution in [2.45, 2.75) is 25.9 Å². The van der Waals surface area contributed by atoms with E-state index in [1.54, 1.807) is 0 Å². The molecule has 1 rings (SSSR count). The summed E-state index contributed by atoms with van der Waals surface area (Å²) in [7, 11) is 0. The fraction of sp³-hybridized carbons (Fsp3) is 0.400. The average Bonchev–Trinajstić information content (AvgIpc) is 2.11. The molecule has 14 heavy (non-hydrogen) atoms. The van der Waals surface area contributed by atoms with Crippen molar-refractivity contribution in [2.24, 2.45) is 0 Å². The Kier molecular flexibility index (Phi) is 3.52. The summed E-state index contributed by atoms with van der Waals surface area (Å²) in [5.41, 5.74) is -0.300. The van der Waals surface area contributed by atoms with Gasteiger partial charge in [0.25, 0.3) is 0 Å². The first-order chi connectivity index (χ1) is 6.52. The van der Waals surface area contributed by atoms with E-state index in [9.17, 15) is 13.2 Å². The molecule has 0 bridgehead atoms. The molecule has 1 aromatic carbocycles. The highest BCUT2D eigenvalue weighted by Gasteiger charge is 2.13. The van der Waals surface area contributed by atoms with Crippen LogP contribution in [0.4, 0.5) is 13.2 Å². The molecule has 0 heterocycles. The molecule has 1 aromatic rings. The van der Waals surface area contributed by atoms with Crippen LogP contribution < -0.4 is 0 Å². The molecular formula is C10H11F3O. The third kappa shape index (κ3) is 2.48. The second kappa shape index (κ2) is 4.46. The molecule has 0 aromatic heterocycles. The maximum Gasteiger partial charge on any atom is 0.164 e. The predicted octanol–water partition coefficient (Wildman–Crippen LogP) is 2.42. The summed E-state index contributed by atoms with van der Waals surface area (Å²) in [6.45, 7) is 1.51. The van der Waals surface area contributed by atoms with Crippen molar-refractivity contribution < 1.29 is 18.3 Å². The molecule has 1 nitrogen and oxygen atoms in total. The van der Waals surface area contributed by atoms with Gasteiger partial charge in [0, 0.05) is 5.56 Å². The van der Waals surface area contributed by atoms with E-state index in [0.717, 1.165) is 12.1 Å². The molecule has 0 unspecified atom stereocenters. The van der Waals surface area contributed by atoms with Crippen molar-refractivity contribution in [3.05, 3.63) is 35.1 Å². The second-order valence-corrected chi connectivity index (χ2v) is 3.21. The molecule has 0 amide bonds. The third-order valence-corrected chi connectivity index (χ3v) is 1.95. The van der Waals surface area contributed by atoms with Gasteiger partial charge in [0.15, 0.2) is 11.6 Å². The van der Waals surface area contributed by atoms with Crippen LogP contribution in [0.15, 0.2) is 12.1 Å². The maximum atomic E-state index is 13.0. The lowest BCUT2D eigenvalue weighted by Crippen LogP contribution is -2.05. The van der Waals surface area contributed by atoms with Crippen LogP contribution in [0.25, 0.3) is 0 Å². The van der Waals surface area contributed by atoms with E-state index in [4.69, 9.17) is 5.11 Å².